The van der Waals surface area contributed by atoms with Gasteiger partial charge < -0.3 is 11.1 Å². The summed E-state index contributed by atoms with van der Waals surface area (Å²) in [5.41, 5.74) is 9.21. The lowest BCUT2D eigenvalue weighted by Crippen LogP contribution is -2.28. The summed E-state index contributed by atoms with van der Waals surface area (Å²) in [5, 5.41) is 19.8. The molecule has 0 spiro atoms. The van der Waals surface area contributed by atoms with Crippen molar-refractivity contribution in [3.63, 3.8) is 0 Å². The third kappa shape index (κ3) is 3.38. The molecule has 0 fully saturated rings. The molecule has 0 radical (unpaired) electrons. The van der Waals surface area contributed by atoms with Crippen molar-refractivity contribution in [1.82, 2.24) is 20.4 Å². The van der Waals surface area contributed by atoms with Crippen molar-refractivity contribution in [1.29, 1.82) is 0 Å². The molecule has 28 heavy (non-hydrogen) atoms. The molecule has 0 aliphatic rings. The predicted molar refractivity (Wildman–Crippen MR) is 109 cm³/mol. The third-order valence-electron chi connectivity index (χ3n) is 4.91. The fourth-order valence-corrected chi connectivity index (χ4v) is 3.16. The molecule has 7 heteroatoms. The number of aromatic amines is 1. The van der Waals surface area contributed by atoms with E-state index in [2.05, 4.69) is 39.6 Å². The lowest BCUT2D eigenvalue weighted by atomic mass is 9.84. The zero-order chi connectivity index (χ0) is 19.7. The smallest absolute Gasteiger partial charge is 0.153 e. The van der Waals surface area contributed by atoms with Crippen molar-refractivity contribution in [3.05, 3.63) is 66.0 Å². The lowest BCUT2D eigenvalue weighted by molar-refractivity contribution is 0.552. The molecule has 0 unspecified atom stereocenters. The number of H-pyrrole nitrogens is 1. The number of aromatic nitrogens is 4. The molecule has 142 valence electrons. The van der Waals surface area contributed by atoms with Gasteiger partial charge in [0, 0.05) is 22.9 Å². The van der Waals surface area contributed by atoms with E-state index in [0.717, 1.165) is 27.7 Å². The normalized spacial score (nSPS) is 11.7. The summed E-state index contributed by atoms with van der Waals surface area (Å²) in [5.74, 6) is 0.907. The first-order valence-corrected chi connectivity index (χ1v) is 9.01. The topological polar surface area (TPSA) is 92.5 Å². The van der Waals surface area contributed by atoms with Crippen LogP contribution in [0, 0.1) is 5.82 Å². The van der Waals surface area contributed by atoms with Gasteiger partial charge in [-0.3, -0.25) is 5.10 Å². The van der Waals surface area contributed by atoms with E-state index >= 15 is 0 Å². The van der Waals surface area contributed by atoms with Crippen molar-refractivity contribution in [2.75, 3.05) is 17.6 Å². The number of halogens is 1. The first kappa shape index (κ1) is 17.9. The molecule has 4 N–H and O–H groups in total. The third-order valence-corrected chi connectivity index (χ3v) is 4.91. The number of rotatable bonds is 5. The van der Waals surface area contributed by atoms with Crippen LogP contribution in [0.4, 0.5) is 16.0 Å². The molecule has 0 aliphatic heterocycles. The molecule has 0 bridgehead atoms. The fourth-order valence-electron chi connectivity index (χ4n) is 3.16. The molecule has 2 heterocycles. The number of hydrogen-bond donors (Lipinski definition) is 3. The largest absolute Gasteiger partial charge is 0.382 e. The summed E-state index contributed by atoms with van der Waals surface area (Å²) in [6.07, 6.45) is 0. The zero-order valence-corrected chi connectivity index (χ0v) is 15.7. The fraction of sp³-hybridized carbons (Fsp3) is 0.190. The van der Waals surface area contributed by atoms with Gasteiger partial charge in [-0.1, -0.05) is 38.1 Å². The van der Waals surface area contributed by atoms with E-state index in [9.17, 15) is 4.39 Å². The first-order chi connectivity index (χ1) is 13.4. The number of nitrogens with one attached hydrogen (secondary N) is 2. The van der Waals surface area contributed by atoms with Crippen LogP contribution < -0.4 is 11.1 Å². The second-order valence-electron chi connectivity index (χ2n) is 7.39. The summed E-state index contributed by atoms with van der Waals surface area (Å²) in [6, 6.07) is 16.2. The van der Waals surface area contributed by atoms with Crippen LogP contribution in [-0.4, -0.2) is 26.9 Å². The van der Waals surface area contributed by atoms with E-state index in [-0.39, 0.29) is 11.2 Å². The summed E-state index contributed by atoms with van der Waals surface area (Å²) in [6.45, 7) is 4.83. The van der Waals surface area contributed by atoms with Crippen LogP contribution in [0.15, 0.2) is 54.6 Å². The highest BCUT2D eigenvalue weighted by atomic mass is 19.1. The predicted octanol–water partition coefficient (Wildman–Crippen LogP) is 4.13. The Kier molecular flexibility index (Phi) is 4.43. The quantitative estimate of drug-likeness (QED) is 0.487. The van der Waals surface area contributed by atoms with Gasteiger partial charge in [-0.2, -0.15) is 5.10 Å². The average Bonchev–Trinajstić information content (AvgIpc) is 3.08. The van der Waals surface area contributed by atoms with E-state index in [1.165, 1.54) is 12.1 Å². The van der Waals surface area contributed by atoms with E-state index in [0.29, 0.717) is 18.2 Å². The maximum Gasteiger partial charge on any atom is 0.153 e. The van der Waals surface area contributed by atoms with Gasteiger partial charge in [0.2, 0.25) is 0 Å². The van der Waals surface area contributed by atoms with Crippen LogP contribution in [-0.2, 0) is 5.41 Å². The molecule has 2 aromatic heterocycles. The Balaban J connectivity index is 1.51. The van der Waals surface area contributed by atoms with Gasteiger partial charge in [0.25, 0.3) is 0 Å². The highest BCUT2D eigenvalue weighted by molar-refractivity contribution is 5.98. The minimum atomic E-state index is -0.233. The van der Waals surface area contributed by atoms with E-state index in [1.807, 2.05) is 42.5 Å². The van der Waals surface area contributed by atoms with Crippen LogP contribution in [0.25, 0.3) is 22.2 Å². The van der Waals surface area contributed by atoms with Gasteiger partial charge in [-0.25, -0.2) is 4.39 Å². The second kappa shape index (κ2) is 6.92. The molecular formula is C21H21FN6. The molecule has 6 nitrogen and oxygen atoms in total. The molecule has 0 saturated carbocycles. The van der Waals surface area contributed by atoms with Crippen LogP contribution in [0.2, 0.25) is 0 Å². The van der Waals surface area contributed by atoms with Crippen LogP contribution >= 0.6 is 0 Å². The number of nitrogens with zero attached hydrogens (tertiary/aromatic N) is 3. The number of anilines is 2. The lowest BCUT2D eigenvalue weighted by Gasteiger charge is -2.25. The van der Waals surface area contributed by atoms with Crippen molar-refractivity contribution in [2.24, 2.45) is 0 Å². The molecule has 4 aromatic rings. The van der Waals surface area contributed by atoms with E-state index in [1.54, 1.807) is 0 Å². The molecule has 4 rings (SSSR count). The Bertz CT molecular complexity index is 1100. The highest BCUT2D eigenvalue weighted by Gasteiger charge is 2.20. The maximum absolute atomic E-state index is 13.2. The minimum absolute atomic E-state index is 0.187. The molecule has 2 aromatic carbocycles. The summed E-state index contributed by atoms with van der Waals surface area (Å²) in [4.78, 5) is 0. The van der Waals surface area contributed by atoms with Crippen LogP contribution in [0.5, 0.6) is 0 Å². The van der Waals surface area contributed by atoms with Crippen molar-refractivity contribution >= 4 is 22.5 Å². The first-order valence-electron chi connectivity index (χ1n) is 9.01. The van der Waals surface area contributed by atoms with E-state index < -0.39 is 0 Å². The number of hydrogen-bond acceptors (Lipinski definition) is 5. The van der Waals surface area contributed by atoms with Gasteiger partial charge in [-0.15, -0.1) is 10.2 Å². The Hall–Kier alpha value is -3.48. The second-order valence-corrected chi connectivity index (χ2v) is 7.39. The van der Waals surface area contributed by atoms with Crippen molar-refractivity contribution in [2.45, 2.75) is 19.3 Å². The van der Waals surface area contributed by atoms with Crippen LogP contribution in [0.3, 0.4) is 0 Å². The van der Waals surface area contributed by atoms with Gasteiger partial charge >= 0.3 is 0 Å². The summed E-state index contributed by atoms with van der Waals surface area (Å²) >= 11 is 0. The highest BCUT2D eigenvalue weighted by Crippen LogP contribution is 2.28. The SMILES string of the molecule is CC(C)(CNc1ccc(-c2cccc3c(N)n[nH]c23)nn1)c1ccc(F)cc1. The van der Waals surface area contributed by atoms with Gasteiger partial charge in [0.1, 0.15) is 11.6 Å². The maximum atomic E-state index is 13.2. The number of nitrogens with two attached hydrogens (primary N) is 1. The Labute approximate surface area is 162 Å². The summed E-state index contributed by atoms with van der Waals surface area (Å²) < 4.78 is 13.2. The van der Waals surface area contributed by atoms with E-state index in [4.69, 9.17) is 5.73 Å². The Morgan fingerprint density at radius 3 is 2.54 bits per heavy atom. The molecular weight excluding hydrogens is 355 g/mol. The molecule has 0 amide bonds. The molecule has 0 atom stereocenters. The monoisotopic (exact) mass is 376 g/mol. The Morgan fingerprint density at radius 1 is 1.04 bits per heavy atom. The van der Waals surface area contributed by atoms with Gasteiger partial charge in [-0.05, 0) is 35.9 Å². The standard InChI is InChI=1S/C21H21FN6/c1-21(2,13-6-8-14(22)9-7-13)12-24-18-11-10-17(25-26-18)15-4-3-5-16-19(15)27-28-20(16)23/h3-11H,12H2,1-2H3,(H,24,26)(H3,23,27,28). The number of para-hydroxylation sites is 1. The summed E-state index contributed by atoms with van der Waals surface area (Å²) in [7, 11) is 0. The number of benzene rings is 2. The Morgan fingerprint density at radius 2 is 1.82 bits per heavy atom. The zero-order valence-electron chi connectivity index (χ0n) is 15.7. The number of nitrogen functional groups attached to an aromatic ring is 1. The molecule has 0 saturated heterocycles. The van der Waals surface area contributed by atoms with Crippen molar-refractivity contribution < 1.29 is 4.39 Å². The van der Waals surface area contributed by atoms with Crippen molar-refractivity contribution in [3.8, 4) is 11.3 Å². The van der Waals surface area contributed by atoms with Gasteiger partial charge in [0.15, 0.2) is 5.82 Å². The number of fused-ring (bicyclic) bond motifs is 1. The minimum Gasteiger partial charge on any atom is -0.382 e. The molecule has 0 aliphatic carbocycles. The van der Waals surface area contributed by atoms with Crippen LogP contribution in [0.1, 0.15) is 19.4 Å². The van der Waals surface area contributed by atoms with Gasteiger partial charge in [0.05, 0.1) is 11.2 Å². The average molecular weight is 376 g/mol.